The van der Waals surface area contributed by atoms with Crippen molar-refractivity contribution in [3.8, 4) is 5.75 Å². The van der Waals surface area contributed by atoms with Crippen LogP contribution in [0.15, 0.2) is 84.9 Å². The van der Waals surface area contributed by atoms with E-state index in [-0.39, 0.29) is 5.91 Å². The Morgan fingerprint density at radius 2 is 1.76 bits per heavy atom. The number of ether oxygens (including phenoxy) is 1. The Kier molecular flexibility index (Phi) is 7.77. The average Bonchev–Trinajstić information content (AvgIpc) is 3.20. The van der Waals surface area contributed by atoms with Crippen molar-refractivity contribution in [3.63, 3.8) is 0 Å². The predicted molar refractivity (Wildman–Crippen MR) is 133 cm³/mol. The van der Waals surface area contributed by atoms with Gasteiger partial charge < -0.3 is 14.6 Å². The van der Waals surface area contributed by atoms with Gasteiger partial charge in [0, 0.05) is 24.1 Å². The maximum absolute atomic E-state index is 12.1. The van der Waals surface area contributed by atoms with Crippen LogP contribution in [0.1, 0.15) is 17.8 Å². The summed E-state index contributed by atoms with van der Waals surface area (Å²) in [7, 11) is 0. The lowest BCUT2D eigenvalue weighted by atomic mass is 10.2. The quantitative estimate of drug-likeness (QED) is 0.250. The first-order chi connectivity index (χ1) is 16.2. The van der Waals surface area contributed by atoms with E-state index in [4.69, 9.17) is 21.3 Å². The van der Waals surface area contributed by atoms with Gasteiger partial charge in [-0.1, -0.05) is 54.1 Å². The zero-order valence-corrected chi connectivity index (χ0v) is 19.0. The van der Waals surface area contributed by atoms with E-state index in [0.717, 1.165) is 41.0 Å². The number of hydrogen-bond donors (Lipinski definition) is 1. The summed E-state index contributed by atoms with van der Waals surface area (Å²) in [6.45, 7) is 1.79. The van der Waals surface area contributed by atoms with Crippen molar-refractivity contribution in [2.75, 3.05) is 13.2 Å². The fourth-order valence-corrected chi connectivity index (χ4v) is 3.73. The van der Waals surface area contributed by atoms with Crippen LogP contribution >= 0.6 is 11.6 Å². The Morgan fingerprint density at radius 3 is 2.58 bits per heavy atom. The molecule has 4 rings (SSSR count). The number of nitrogens with one attached hydrogen (secondary N) is 1. The summed E-state index contributed by atoms with van der Waals surface area (Å²) < 4.78 is 8.08. The highest BCUT2D eigenvalue weighted by molar-refractivity contribution is 6.30. The molecule has 0 atom stereocenters. The van der Waals surface area contributed by atoms with Crippen LogP contribution in [0, 0.1) is 0 Å². The molecule has 1 N–H and O–H groups in total. The number of para-hydroxylation sites is 2. The number of amides is 1. The molecule has 168 valence electrons. The van der Waals surface area contributed by atoms with Crippen molar-refractivity contribution in [1.29, 1.82) is 0 Å². The monoisotopic (exact) mass is 459 g/mol. The van der Waals surface area contributed by atoms with E-state index in [1.54, 1.807) is 6.08 Å². The molecular formula is C27H26ClN3O2. The smallest absolute Gasteiger partial charge is 0.243 e. The van der Waals surface area contributed by atoms with Gasteiger partial charge in [0.15, 0.2) is 0 Å². The number of carbonyl (C=O) groups is 1. The second-order valence-electron chi connectivity index (χ2n) is 7.61. The first kappa shape index (κ1) is 22.6. The number of fused-ring (bicyclic) bond motifs is 1. The highest BCUT2D eigenvalue weighted by Crippen LogP contribution is 2.19. The standard InChI is InChI=1S/C27H26ClN3O2/c28-22-13-15-23(16-14-22)33-20-19-31-25-10-5-4-9-24(25)30-26(31)11-6-18-29-27(32)17-12-21-7-2-1-3-8-21/h1-5,7-10,12-17H,6,11,18-20H2,(H,29,32)/b17-12+. The van der Waals surface area contributed by atoms with Crippen molar-refractivity contribution in [2.24, 2.45) is 0 Å². The molecule has 0 bridgehead atoms. The number of carbonyl (C=O) groups excluding carboxylic acids is 1. The molecule has 0 unspecified atom stereocenters. The first-order valence-electron chi connectivity index (χ1n) is 11.0. The topological polar surface area (TPSA) is 56.2 Å². The van der Waals surface area contributed by atoms with E-state index in [1.807, 2.05) is 78.9 Å². The van der Waals surface area contributed by atoms with Crippen molar-refractivity contribution >= 4 is 34.6 Å². The molecule has 1 heterocycles. The van der Waals surface area contributed by atoms with Crippen LogP contribution in [0.4, 0.5) is 0 Å². The van der Waals surface area contributed by atoms with E-state index in [2.05, 4.69) is 16.0 Å². The summed E-state index contributed by atoms with van der Waals surface area (Å²) in [5, 5.41) is 3.64. The number of imidazole rings is 1. The lowest BCUT2D eigenvalue weighted by molar-refractivity contribution is -0.116. The van der Waals surface area contributed by atoms with Gasteiger partial charge in [-0.05, 0) is 54.5 Å². The molecule has 5 nitrogen and oxygen atoms in total. The summed E-state index contributed by atoms with van der Waals surface area (Å²) >= 11 is 5.94. The Bertz CT molecular complexity index is 1220. The van der Waals surface area contributed by atoms with Gasteiger partial charge in [0.1, 0.15) is 18.2 Å². The number of hydrogen-bond acceptors (Lipinski definition) is 3. The van der Waals surface area contributed by atoms with Crippen molar-refractivity contribution < 1.29 is 9.53 Å². The van der Waals surface area contributed by atoms with Gasteiger partial charge in [0.25, 0.3) is 0 Å². The molecule has 0 saturated carbocycles. The van der Waals surface area contributed by atoms with E-state index in [9.17, 15) is 4.79 Å². The summed E-state index contributed by atoms with van der Waals surface area (Å²) in [6.07, 6.45) is 4.94. The van der Waals surface area contributed by atoms with Gasteiger partial charge in [-0.2, -0.15) is 0 Å². The summed E-state index contributed by atoms with van der Waals surface area (Å²) in [5.74, 6) is 1.69. The largest absolute Gasteiger partial charge is 0.492 e. The maximum Gasteiger partial charge on any atom is 0.243 e. The minimum Gasteiger partial charge on any atom is -0.492 e. The molecule has 0 radical (unpaired) electrons. The average molecular weight is 460 g/mol. The van der Waals surface area contributed by atoms with Gasteiger partial charge in [0.2, 0.25) is 5.91 Å². The molecular weight excluding hydrogens is 434 g/mol. The molecule has 0 fully saturated rings. The third-order valence-corrected chi connectivity index (χ3v) is 5.49. The van der Waals surface area contributed by atoms with Gasteiger partial charge >= 0.3 is 0 Å². The zero-order valence-electron chi connectivity index (χ0n) is 18.3. The van der Waals surface area contributed by atoms with E-state index in [0.29, 0.717) is 24.7 Å². The molecule has 1 aromatic heterocycles. The van der Waals surface area contributed by atoms with Gasteiger partial charge in [-0.25, -0.2) is 4.98 Å². The van der Waals surface area contributed by atoms with Crippen LogP contribution in [-0.4, -0.2) is 28.6 Å². The molecule has 4 aromatic rings. The minimum atomic E-state index is -0.0938. The molecule has 0 aliphatic rings. The van der Waals surface area contributed by atoms with Crippen LogP contribution in [0.25, 0.3) is 17.1 Å². The summed E-state index contributed by atoms with van der Waals surface area (Å²) in [6, 6.07) is 25.2. The van der Waals surface area contributed by atoms with Crippen LogP contribution in [0.2, 0.25) is 5.02 Å². The predicted octanol–water partition coefficient (Wildman–Crippen LogP) is 5.53. The lowest BCUT2D eigenvalue weighted by Crippen LogP contribution is -2.23. The fraction of sp³-hybridized carbons (Fsp3) is 0.185. The normalized spacial score (nSPS) is 11.2. The number of benzene rings is 3. The fourth-order valence-electron chi connectivity index (χ4n) is 3.60. The molecule has 0 spiro atoms. The molecule has 0 saturated heterocycles. The van der Waals surface area contributed by atoms with Crippen LogP contribution in [-0.2, 0) is 17.8 Å². The molecule has 0 aliphatic heterocycles. The number of nitrogens with zero attached hydrogens (tertiary/aromatic N) is 2. The third-order valence-electron chi connectivity index (χ3n) is 5.23. The highest BCUT2D eigenvalue weighted by atomic mass is 35.5. The van der Waals surface area contributed by atoms with Crippen LogP contribution < -0.4 is 10.1 Å². The van der Waals surface area contributed by atoms with E-state index in [1.165, 1.54) is 0 Å². The Morgan fingerprint density at radius 1 is 1.00 bits per heavy atom. The lowest BCUT2D eigenvalue weighted by Gasteiger charge is -2.11. The van der Waals surface area contributed by atoms with Crippen molar-refractivity contribution in [2.45, 2.75) is 19.4 Å². The Balaban J connectivity index is 1.31. The van der Waals surface area contributed by atoms with Gasteiger partial charge in [0.05, 0.1) is 17.6 Å². The SMILES string of the molecule is O=C(/C=C/c1ccccc1)NCCCc1nc2ccccc2n1CCOc1ccc(Cl)cc1. The summed E-state index contributed by atoms with van der Waals surface area (Å²) in [5.41, 5.74) is 3.05. The first-order valence-corrected chi connectivity index (χ1v) is 11.4. The Hall–Kier alpha value is -3.57. The van der Waals surface area contributed by atoms with Gasteiger partial charge in [-0.15, -0.1) is 0 Å². The second-order valence-corrected chi connectivity index (χ2v) is 8.05. The van der Waals surface area contributed by atoms with Crippen molar-refractivity contribution in [1.82, 2.24) is 14.9 Å². The second kappa shape index (κ2) is 11.3. The molecule has 33 heavy (non-hydrogen) atoms. The molecule has 3 aromatic carbocycles. The van der Waals surface area contributed by atoms with E-state index < -0.39 is 0 Å². The summed E-state index contributed by atoms with van der Waals surface area (Å²) in [4.78, 5) is 16.9. The number of aryl methyl sites for hydroxylation is 1. The van der Waals surface area contributed by atoms with Crippen LogP contribution in [0.5, 0.6) is 5.75 Å². The molecule has 1 amide bonds. The van der Waals surface area contributed by atoms with Crippen molar-refractivity contribution in [3.05, 3.63) is 101 Å². The molecule has 6 heteroatoms. The minimum absolute atomic E-state index is 0.0938. The van der Waals surface area contributed by atoms with Gasteiger partial charge in [-0.3, -0.25) is 4.79 Å². The number of aromatic nitrogens is 2. The highest BCUT2D eigenvalue weighted by Gasteiger charge is 2.10. The number of halogens is 1. The zero-order chi connectivity index (χ0) is 22.9. The Labute approximate surface area is 198 Å². The third kappa shape index (κ3) is 6.46. The molecule has 0 aliphatic carbocycles. The van der Waals surface area contributed by atoms with Crippen LogP contribution in [0.3, 0.4) is 0 Å². The van der Waals surface area contributed by atoms with E-state index >= 15 is 0 Å². The number of rotatable bonds is 10. The maximum atomic E-state index is 12.1.